The van der Waals surface area contributed by atoms with E-state index < -0.39 is 6.04 Å². The molecule has 1 unspecified atom stereocenters. The van der Waals surface area contributed by atoms with E-state index in [0.29, 0.717) is 18.6 Å². The largest absolute Gasteiger partial charge is 0.368 e. The zero-order chi connectivity index (χ0) is 18.8. The Balaban J connectivity index is 1.55. The highest BCUT2D eigenvalue weighted by Crippen LogP contribution is 2.28. The Morgan fingerprint density at radius 2 is 1.78 bits per heavy atom. The monoisotopic (exact) mass is 364 g/mol. The lowest BCUT2D eigenvalue weighted by Crippen LogP contribution is -2.50. The van der Waals surface area contributed by atoms with Crippen LogP contribution < -0.4 is 10.6 Å². The molecule has 1 fully saturated rings. The molecule has 1 atom stereocenters. The number of piperazine rings is 1. The first-order valence-electron chi connectivity index (χ1n) is 9.01. The number of halogens is 1. The minimum atomic E-state index is -0.420. The fourth-order valence-electron chi connectivity index (χ4n) is 3.79. The van der Waals surface area contributed by atoms with Crippen molar-refractivity contribution in [3.8, 4) is 0 Å². The summed E-state index contributed by atoms with van der Waals surface area (Å²) in [5.41, 5.74) is 8.30. The number of carbonyl (C=O) groups is 1. The summed E-state index contributed by atoms with van der Waals surface area (Å²) in [6.45, 7) is 2.95. The van der Waals surface area contributed by atoms with Crippen molar-refractivity contribution in [2.45, 2.75) is 6.04 Å². The van der Waals surface area contributed by atoms with Crippen molar-refractivity contribution in [1.82, 2.24) is 9.88 Å². The average Bonchev–Trinajstić information content (AvgIpc) is 2.68. The Labute approximate surface area is 157 Å². The van der Waals surface area contributed by atoms with E-state index in [1.807, 2.05) is 36.4 Å². The highest BCUT2D eigenvalue weighted by Gasteiger charge is 2.29. The van der Waals surface area contributed by atoms with Gasteiger partial charge < -0.3 is 10.6 Å². The second-order valence-corrected chi connectivity index (χ2v) is 6.73. The third kappa shape index (κ3) is 3.48. The summed E-state index contributed by atoms with van der Waals surface area (Å²) in [5, 5.41) is 0.932. The van der Waals surface area contributed by atoms with Gasteiger partial charge in [-0.2, -0.15) is 0 Å². The molecule has 3 aromatic rings. The Hall–Kier alpha value is -2.99. The lowest BCUT2D eigenvalue weighted by Gasteiger charge is -2.39. The number of primary amides is 1. The maximum atomic E-state index is 13.5. The van der Waals surface area contributed by atoms with E-state index in [0.717, 1.165) is 29.7 Å². The number of pyridine rings is 1. The van der Waals surface area contributed by atoms with E-state index in [-0.39, 0.29) is 11.7 Å². The number of carbonyl (C=O) groups excluding carboxylic acids is 1. The quantitative estimate of drug-likeness (QED) is 0.773. The summed E-state index contributed by atoms with van der Waals surface area (Å²) in [7, 11) is 0. The highest BCUT2D eigenvalue weighted by atomic mass is 19.1. The molecule has 138 valence electrons. The number of nitrogens with zero attached hydrogens (tertiary/aromatic N) is 3. The summed E-state index contributed by atoms with van der Waals surface area (Å²) in [6, 6.07) is 15.9. The van der Waals surface area contributed by atoms with Crippen LogP contribution in [0.5, 0.6) is 0 Å². The van der Waals surface area contributed by atoms with Crippen LogP contribution in [0.25, 0.3) is 10.9 Å². The van der Waals surface area contributed by atoms with Crippen molar-refractivity contribution in [3.05, 3.63) is 72.2 Å². The molecule has 0 saturated carbocycles. The van der Waals surface area contributed by atoms with Gasteiger partial charge in [-0.15, -0.1) is 0 Å². The van der Waals surface area contributed by atoms with E-state index >= 15 is 0 Å². The lowest BCUT2D eigenvalue weighted by atomic mass is 10.0. The van der Waals surface area contributed by atoms with Crippen LogP contribution in [0.2, 0.25) is 0 Å². The Bertz CT molecular complexity index is 955. The van der Waals surface area contributed by atoms with Crippen molar-refractivity contribution in [2.75, 3.05) is 31.1 Å². The van der Waals surface area contributed by atoms with Gasteiger partial charge in [-0.1, -0.05) is 30.3 Å². The molecule has 0 aliphatic carbocycles. The number of amides is 1. The van der Waals surface area contributed by atoms with E-state index in [4.69, 9.17) is 5.73 Å². The Morgan fingerprint density at radius 3 is 2.48 bits per heavy atom. The van der Waals surface area contributed by atoms with Crippen LogP contribution in [0.15, 0.2) is 60.8 Å². The molecule has 5 nitrogen and oxygen atoms in total. The van der Waals surface area contributed by atoms with Crippen LogP contribution in [-0.2, 0) is 4.79 Å². The fraction of sp³-hybridized carbons (Fsp3) is 0.238. The minimum Gasteiger partial charge on any atom is -0.368 e. The highest BCUT2D eigenvalue weighted by molar-refractivity contribution is 5.91. The first kappa shape index (κ1) is 17.4. The molecule has 2 aromatic carbocycles. The van der Waals surface area contributed by atoms with Gasteiger partial charge in [0, 0.05) is 49.5 Å². The molecule has 1 aliphatic heterocycles. The molecule has 2 heterocycles. The standard InChI is InChI=1S/C21H21FN4O/c22-16-6-7-17-18(14-16)24-9-8-19(17)25-10-12-26(13-11-25)20(21(23)27)15-4-2-1-3-5-15/h1-9,14,20H,10-13H2,(H2,23,27). The zero-order valence-electron chi connectivity index (χ0n) is 14.9. The molecule has 0 spiro atoms. The molecule has 0 bridgehead atoms. The summed E-state index contributed by atoms with van der Waals surface area (Å²) in [6.07, 6.45) is 1.71. The average molecular weight is 364 g/mol. The number of anilines is 1. The first-order valence-corrected chi connectivity index (χ1v) is 9.01. The van der Waals surface area contributed by atoms with Crippen molar-refractivity contribution in [3.63, 3.8) is 0 Å². The van der Waals surface area contributed by atoms with Crippen LogP contribution >= 0.6 is 0 Å². The van der Waals surface area contributed by atoms with Crippen molar-refractivity contribution >= 4 is 22.5 Å². The predicted molar refractivity (Wildman–Crippen MR) is 104 cm³/mol. The van der Waals surface area contributed by atoms with Gasteiger partial charge in [0.25, 0.3) is 0 Å². The number of nitrogens with two attached hydrogens (primary N) is 1. The number of benzene rings is 2. The normalized spacial score (nSPS) is 16.4. The van der Waals surface area contributed by atoms with E-state index in [1.54, 1.807) is 12.3 Å². The van der Waals surface area contributed by atoms with Crippen molar-refractivity contribution < 1.29 is 9.18 Å². The summed E-state index contributed by atoms with van der Waals surface area (Å²) in [5.74, 6) is -0.622. The first-order chi connectivity index (χ1) is 13.1. The molecule has 1 aromatic heterocycles. The van der Waals surface area contributed by atoms with Crippen LogP contribution in [0.1, 0.15) is 11.6 Å². The van der Waals surface area contributed by atoms with Crippen molar-refractivity contribution in [1.29, 1.82) is 0 Å². The molecule has 27 heavy (non-hydrogen) atoms. The lowest BCUT2D eigenvalue weighted by molar-refractivity contribution is -0.123. The molecule has 4 rings (SSSR count). The smallest absolute Gasteiger partial charge is 0.239 e. The van der Waals surface area contributed by atoms with Gasteiger partial charge in [-0.25, -0.2) is 4.39 Å². The van der Waals surface area contributed by atoms with E-state index in [2.05, 4.69) is 14.8 Å². The number of rotatable bonds is 4. The minimum absolute atomic E-state index is 0.288. The third-order valence-corrected chi connectivity index (χ3v) is 5.09. The molecule has 2 N–H and O–H groups in total. The second-order valence-electron chi connectivity index (χ2n) is 6.73. The number of aromatic nitrogens is 1. The molecule has 1 aliphatic rings. The van der Waals surface area contributed by atoms with Gasteiger partial charge in [0.2, 0.25) is 5.91 Å². The van der Waals surface area contributed by atoms with E-state index in [1.165, 1.54) is 12.1 Å². The van der Waals surface area contributed by atoms with Crippen LogP contribution in [0, 0.1) is 5.82 Å². The maximum absolute atomic E-state index is 13.5. The van der Waals surface area contributed by atoms with Crippen molar-refractivity contribution in [2.24, 2.45) is 5.73 Å². The molecule has 1 amide bonds. The van der Waals surface area contributed by atoms with Gasteiger partial charge in [-0.05, 0) is 23.8 Å². The molecule has 1 saturated heterocycles. The van der Waals surface area contributed by atoms with Gasteiger partial charge >= 0.3 is 0 Å². The number of hydrogen-bond acceptors (Lipinski definition) is 4. The van der Waals surface area contributed by atoms with Crippen LogP contribution in [0.4, 0.5) is 10.1 Å². The number of hydrogen-bond donors (Lipinski definition) is 1. The number of fused-ring (bicyclic) bond motifs is 1. The summed E-state index contributed by atoms with van der Waals surface area (Å²) >= 11 is 0. The molecular weight excluding hydrogens is 343 g/mol. The molecular formula is C21H21FN4O. The second kappa shape index (κ2) is 7.32. The van der Waals surface area contributed by atoms with E-state index in [9.17, 15) is 9.18 Å². The Morgan fingerprint density at radius 1 is 1.04 bits per heavy atom. The predicted octanol–water partition coefficient (Wildman–Crippen LogP) is 2.72. The third-order valence-electron chi connectivity index (χ3n) is 5.09. The maximum Gasteiger partial charge on any atom is 0.239 e. The molecule has 6 heteroatoms. The summed E-state index contributed by atoms with van der Waals surface area (Å²) in [4.78, 5) is 20.7. The van der Waals surface area contributed by atoms with Crippen LogP contribution in [0.3, 0.4) is 0 Å². The zero-order valence-corrected chi connectivity index (χ0v) is 14.9. The fourth-order valence-corrected chi connectivity index (χ4v) is 3.79. The van der Waals surface area contributed by atoms with Gasteiger partial charge in [0.1, 0.15) is 11.9 Å². The van der Waals surface area contributed by atoms with Gasteiger partial charge in [-0.3, -0.25) is 14.7 Å². The topological polar surface area (TPSA) is 62.5 Å². The van der Waals surface area contributed by atoms with Crippen LogP contribution in [-0.4, -0.2) is 42.0 Å². The SMILES string of the molecule is NC(=O)C(c1ccccc1)N1CCN(c2ccnc3cc(F)ccc23)CC1. The van der Waals surface area contributed by atoms with Gasteiger partial charge in [0.15, 0.2) is 0 Å². The molecule has 0 radical (unpaired) electrons. The van der Waals surface area contributed by atoms with Gasteiger partial charge in [0.05, 0.1) is 5.52 Å². The summed E-state index contributed by atoms with van der Waals surface area (Å²) < 4.78 is 13.5. The Kier molecular flexibility index (Phi) is 4.73.